The van der Waals surface area contributed by atoms with Crippen molar-refractivity contribution in [2.24, 2.45) is 11.0 Å². The van der Waals surface area contributed by atoms with Crippen molar-refractivity contribution in [1.29, 1.82) is 0 Å². The average molecular weight is 435 g/mol. The van der Waals surface area contributed by atoms with E-state index >= 15 is 0 Å². The van der Waals surface area contributed by atoms with E-state index in [-0.39, 0.29) is 16.3 Å². The largest absolute Gasteiger partial charge is 0.495 e. The number of methoxy groups -OCH3 is 1. The monoisotopic (exact) mass is 434 g/mol. The topological polar surface area (TPSA) is 123 Å². The van der Waals surface area contributed by atoms with E-state index in [9.17, 15) is 18.5 Å². The van der Waals surface area contributed by atoms with E-state index in [0.29, 0.717) is 11.7 Å². The van der Waals surface area contributed by atoms with E-state index < -0.39 is 20.6 Å². The molecule has 0 aliphatic heterocycles. The minimum absolute atomic E-state index is 0.111. The summed E-state index contributed by atoms with van der Waals surface area (Å²) in [6.45, 7) is 6.03. The molecule has 0 amide bonds. The minimum Gasteiger partial charge on any atom is -0.495 e. The number of anilines is 2. The Bertz CT molecular complexity index is 1040. The first kappa shape index (κ1) is 23.1. The van der Waals surface area contributed by atoms with E-state index in [1.54, 1.807) is 18.2 Å². The van der Waals surface area contributed by atoms with Gasteiger partial charge in [-0.05, 0) is 49.9 Å². The number of ether oxygens (including phenoxy) is 1. The van der Waals surface area contributed by atoms with E-state index in [4.69, 9.17) is 4.74 Å². The van der Waals surface area contributed by atoms with Crippen molar-refractivity contribution in [1.82, 2.24) is 0 Å². The van der Waals surface area contributed by atoms with Crippen LogP contribution in [-0.4, -0.2) is 26.2 Å². The highest BCUT2D eigenvalue weighted by Gasteiger charge is 2.22. The van der Waals surface area contributed by atoms with Gasteiger partial charge in [0.25, 0.3) is 15.7 Å². The normalized spacial score (nSPS) is 12.0. The molecule has 0 fully saturated rings. The molecule has 0 saturated heterocycles. The van der Waals surface area contributed by atoms with Crippen LogP contribution in [0.15, 0.2) is 52.5 Å². The molecular weight excluding hydrogens is 408 g/mol. The molecule has 0 atom stereocenters. The molecule has 2 rings (SSSR count). The number of rotatable bonds is 10. The fraction of sp³-hybridized carbons (Fsp3) is 0.350. The van der Waals surface area contributed by atoms with Gasteiger partial charge in [-0.3, -0.25) is 20.3 Å². The molecule has 0 radical (unpaired) electrons. The summed E-state index contributed by atoms with van der Waals surface area (Å²) in [6, 6.07) is 10.1. The summed E-state index contributed by atoms with van der Waals surface area (Å²) in [7, 11) is -2.65. The Morgan fingerprint density at radius 1 is 1.20 bits per heavy atom. The second-order valence-electron chi connectivity index (χ2n) is 7.13. The fourth-order valence-electron chi connectivity index (χ4n) is 2.57. The molecule has 0 unspecified atom stereocenters. The molecule has 2 aromatic carbocycles. The molecule has 30 heavy (non-hydrogen) atoms. The molecule has 10 heteroatoms. The Hall–Kier alpha value is -3.14. The highest BCUT2D eigenvalue weighted by molar-refractivity contribution is 7.92. The van der Waals surface area contributed by atoms with Crippen LogP contribution >= 0.6 is 0 Å². The molecule has 0 bridgehead atoms. The Labute approximate surface area is 176 Å². The number of hydrogen-bond acceptors (Lipinski definition) is 7. The quantitative estimate of drug-likeness (QED) is 0.319. The molecule has 9 nitrogen and oxygen atoms in total. The number of nitro benzene ring substituents is 1. The van der Waals surface area contributed by atoms with Crippen LogP contribution in [0.1, 0.15) is 33.6 Å². The third kappa shape index (κ3) is 6.18. The van der Waals surface area contributed by atoms with Crippen molar-refractivity contribution in [3.8, 4) is 5.75 Å². The Balaban J connectivity index is 2.29. The fourth-order valence-corrected chi connectivity index (χ4v) is 3.66. The maximum absolute atomic E-state index is 12.7. The van der Waals surface area contributed by atoms with E-state index in [0.717, 1.165) is 24.6 Å². The Morgan fingerprint density at radius 2 is 1.90 bits per heavy atom. The molecule has 0 heterocycles. The van der Waals surface area contributed by atoms with Crippen LogP contribution in [0.25, 0.3) is 0 Å². The van der Waals surface area contributed by atoms with Gasteiger partial charge < -0.3 is 4.74 Å². The first-order valence-electron chi connectivity index (χ1n) is 9.37. The summed E-state index contributed by atoms with van der Waals surface area (Å²) in [5.41, 5.74) is 3.43. The van der Waals surface area contributed by atoms with Gasteiger partial charge in [-0.1, -0.05) is 26.0 Å². The lowest BCUT2D eigenvalue weighted by Crippen LogP contribution is -2.14. The number of nitrogens with one attached hydrogen (secondary N) is 2. The van der Waals surface area contributed by atoms with Crippen LogP contribution in [0.2, 0.25) is 0 Å². The number of hydrogen-bond donors (Lipinski definition) is 2. The van der Waals surface area contributed by atoms with Gasteiger partial charge in [0.05, 0.1) is 22.6 Å². The third-order valence-electron chi connectivity index (χ3n) is 4.28. The van der Waals surface area contributed by atoms with Gasteiger partial charge in [0.15, 0.2) is 0 Å². The number of nitrogens with zero attached hydrogens (tertiary/aromatic N) is 2. The van der Waals surface area contributed by atoms with Gasteiger partial charge in [-0.25, -0.2) is 8.42 Å². The minimum atomic E-state index is -4.07. The highest BCUT2D eigenvalue weighted by atomic mass is 32.2. The zero-order valence-corrected chi connectivity index (χ0v) is 18.2. The van der Waals surface area contributed by atoms with E-state index in [2.05, 4.69) is 29.1 Å². The molecule has 0 aliphatic carbocycles. The molecule has 162 valence electrons. The van der Waals surface area contributed by atoms with Gasteiger partial charge in [-0.2, -0.15) is 5.10 Å². The lowest BCUT2D eigenvalue weighted by molar-refractivity contribution is -0.384. The summed E-state index contributed by atoms with van der Waals surface area (Å²) in [5.74, 6) is 0.852. The van der Waals surface area contributed by atoms with Gasteiger partial charge >= 0.3 is 0 Å². The number of sulfonamides is 1. The zero-order chi connectivity index (χ0) is 22.3. The van der Waals surface area contributed by atoms with Crippen molar-refractivity contribution in [3.05, 3.63) is 52.6 Å². The summed E-state index contributed by atoms with van der Waals surface area (Å²) in [5, 5.41) is 15.7. The zero-order valence-electron chi connectivity index (χ0n) is 17.4. The summed E-state index contributed by atoms with van der Waals surface area (Å²) in [4.78, 5) is 10.6. The van der Waals surface area contributed by atoms with Gasteiger partial charge in [0.1, 0.15) is 11.4 Å². The molecule has 0 saturated carbocycles. The molecular formula is C20H26N4O5S. The average Bonchev–Trinajstić information content (AvgIpc) is 2.70. The standard InChI is InChI=1S/C20H26N4O5S/c1-14(2)9-10-15(3)21-22-17-12-11-16(13-19(17)24(25)26)30(27,28)23-18-7-5-6-8-20(18)29-4/h5-8,11-14,22-23H,9-10H2,1-4H3. The molecule has 0 aliphatic rings. The highest BCUT2D eigenvalue weighted by Crippen LogP contribution is 2.30. The summed E-state index contributed by atoms with van der Waals surface area (Å²) < 4.78 is 33.0. The van der Waals surface area contributed by atoms with E-state index in [1.807, 2.05) is 6.92 Å². The SMILES string of the molecule is COc1ccccc1NS(=O)(=O)c1ccc(NN=C(C)CCC(C)C)c([N+](=O)[O-])c1. The third-order valence-corrected chi connectivity index (χ3v) is 5.64. The molecule has 2 N–H and O–H groups in total. The number of nitro groups is 1. The van der Waals surface area contributed by atoms with Crippen LogP contribution in [0.4, 0.5) is 17.1 Å². The maximum atomic E-state index is 12.7. The molecule has 0 aromatic heterocycles. The summed E-state index contributed by atoms with van der Waals surface area (Å²) >= 11 is 0. The van der Waals surface area contributed by atoms with Gasteiger partial charge in [0.2, 0.25) is 0 Å². The van der Waals surface area contributed by atoms with Crippen LogP contribution in [-0.2, 0) is 10.0 Å². The molecule has 0 spiro atoms. The molecule has 2 aromatic rings. The summed E-state index contributed by atoms with van der Waals surface area (Å²) in [6.07, 6.45) is 1.71. The predicted molar refractivity (Wildman–Crippen MR) is 118 cm³/mol. The van der Waals surface area contributed by atoms with Crippen molar-refractivity contribution < 1.29 is 18.1 Å². The maximum Gasteiger partial charge on any atom is 0.295 e. The van der Waals surface area contributed by atoms with Gasteiger partial charge in [-0.15, -0.1) is 0 Å². The number of para-hydroxylation sites is 2. The lowest BCUT2D eigenvalue weighted by atomic mass is 10.1. The Kier molecular flexibility index (Phi) is 7.76. The smallest absolute Gasteiger partial charge is 0.295 e. The van der Waals surface area contributed by atoms with Crippen LogP contribution < -0.4 is 14.9 Å². The van der Waals surface area contributed by atoms with Crippen LogP contribution in [0, 0.1) is 16.0 Å². The lowest BCUT2D eigenvalue weighted by Gasteiger charge is -2.12. The first-order chi connectivity index (χ1) is 14.1. The van der Waals surface area contributed by atoms with Crippen LogP contribution in [0.5, 0.6) is 5.75 Å². The van der Waals surface area contributed by atoms with Crippen molar-refractivity contribution >= 4 is 32.8 Å². The van der Waals surface area contributed by atoms with Gasteiger partial charge in [0, 0.05) is 11.8 Å². The second kappa shape index (κ2) is 10.1. The van der Waals surface area contributed by atoms with Crippen molar-refractivity contribution in [2.75, 3.05) is 17.3 Å². The number of hydrazone groups is 1. The predicted octanol–water partition coefficient (Wildman–Crippen LogP) is 4.63. The Morgan fingerprint density at radius 3 is 2.53 bits per heavy atom. The van der Waals surface area contributed by atoms with Crippen molar-refractivity contribution in [3.63, 3.8) is 0 Å². The van der Waals surface area contributed by atoms with Crippen LogP contribution in [0.3, 0.4) is 0 Å². The number of benzene rings is 2. The van der Waals surface area contributed by atoms with Crippen molar-refractivity contribution in [2.45, 2.75) is 38.5 Å². The first-order valence-corrected chi connectivity index (χ1v) is 10.9. The van der Waals surface area contributed by atoms with E-state index in [1.165, 1.54) is 25.3 Å². The second-order valence-corrected chi connectivity index (χ2v) is 8.82.